The van der Waals surface area contributed by atoms with Crippen LogP contribution in [0.4, 0.5) is 0 Å². The van der Waals surface area contributed by atoms with Crippen LogP contribution in [0.1, 0.15) is 28.1 Å². The van der Waals surface area contributed by atoms with E-state index < -0.39 is 0 Å². The number of thioether (sulfide) groups is 1. The van der Waals surface area contributed by atoms with Gasteiger partial charge in [0.2, 0.25) is 11.1 Å². The van der Waals surface area contributed by atoms with Crippen molar-refractivity contribution in [1.82, 2.24) is 19.8 Å². The van der Waals surface area contributed by atoms with Gasteiger partial charge in [0.25, 0.3) is 0 Å². The Morgan fingerprint density at radius 1 is 1.09 bits per heavy atom. The number of rotatable bonds is 8. The largest absolute Gasteiger partial charge is 0.493 e. The number of hydrogen-bond donors (Lipinski definition) is 1. The Morgan fingerprint density at radius 2 is 1.76 bits per heavy atom. The molecule has 0 aliphatic carbocycles. The van der Waals surface area contributed by atoms with Gasteiger partial charge in [-0.2, -0.15) is 0 Å². The minimum absolute atomic E-state index is 0.0155. The Balaban J connectivity index is 1.35. The van der Waals surface area contributed by atoms with E-state index >= 15 is 0 Å². The minimum atomic E-state index is 0.0155. The minimum Gasteiger partial charge on any atom is -0.493 e. The van der Waals surface area contributed by atoms with E-state index in [-0.39, 0.29) is 18.3 Å². The lowest BCUT2D eigenvalue weighted by molar-refractivity contribution is -0.129. The molecule has 0 saturated heterocycles. The summed E-state index contributed by atoms with van der Waals surface area (Å²) in [5.74, 6) is 9.08. The van der Waals surface area contributed by atoms with Crippen LogP contribution < -0.4 is 20.1 Å². The molecule has 0 fully saturated rings. The van der Waals surface area contributed by atoms with Crippen LogP contribution in [0.5, 0.6) is 17.2 Å². The van der Waals surface area contributed by atoms with Crippen LogP contribution in [0.15, 0.2) is 35.5 Å². The van der Waals surface area contributed by atoms with E-state index in [9.17, 15) is 4.79 Å². The fourth-order valence-corrected chi connectivity index (χ4v) is 4.76. The highest BCUT2D eigenvalue weighted by Gasteiger charge is 2.24. The number of benzene rings is 2. The lowest BCUT2D eigenvalue weighted by Crippen LogP contribution is -2.37. The molecule has 1 aromatic heterocycles. The first kappa shape index (κ1) is 23.7. The molecule has 34 heavy (non-hydrogen) atoms. The zero-order valence-corrected chi connectivity index (χ0v) is 20.6. The van der Waals surface area contributed by atoms with Gasteiger partial charge in [0.15, 0.2) is 17.3 Å². The molecule has 1 amide bonds. The van der Waals surface area contributed by atoms with Gasteiger partial charge in [-0.15, -0.1) is 10.2 Å². The van der Waals surface area contributed by atoms with Gasteiger partial charge in [-0.05, 0) is 54.7 Å². The fraction of sp³-hybridized carbons (Fsp3) is 0.375. The van der Waals surface area contributed by atoms with Crippen molar-refractivity contribution in [2.75, 3.05) is 32.4 Å². The number of para-hydroxylation sites is 1. The zero-order chi connectivity index (χ0) is 24.2. The van der Waals surface area contributed by atoms with Crippen LogP contribution in [0.25, 0.3) is 0 Å². The third kappa shape index (κ3) is 4.91. The summed E-state index contributed by atoms with van der Waals surface area (Å²) in [7, 11) is 3.23. The lowest BCUT2D eigenvalue weighted by atomic mass is 9.99. The highest BCUT2D eigenvalue weighted by Crippen LogP contribution is 2.33. The molecule has 1 aliphatic heterocycles. The second-order valence-corrected chi connectivity index (χ2v) is 9.05. The Bertz CT molecular complexity index is 1180. The normalized spacial score (nSPS) is 12.9. The van der Waals surface area contributed by atoms with Gasteiger partial charge in [0.05, 0.1) is 20.0 Å². The number of fused-ring (bicyclic) bond motifs is 1. The molecule has 3 aromatic rings. The summed E-state index contributed by atoms with van der Waals surface area (Å²) < 4.78 is 18.1. The fourth-order valence-electron chi connectivity index (χ4n) is 3.98. The number of methoxy groups -OCH3 is 2. The smallest absolute Gasteiger partial charge is 0.233 e. The molecular formula is C24H29N5O4S. The molecule has 9 nitrogen and oxygen atoms in total. The molecule has 2 aromatic carbocycles. The first-order valence-corrected chi connectivity index (χ1v) is 11.9. The highest BCUT2D eigenvalue weighted by molar-refractivity contribution is 7.99. The number of amides is 1. The molecule has 2 heterocycles. The van der Waals surface area contributed by atoms with E-state index in [1.807, 2.05) is 49.1 Å². The molecular weight excluding hydrogens is 454 g/mol. The third-order valence-corrected chi connectivity index (χ3v) is 6.81. The summed E-state index contributed by atoms with van der Waals surface area (Å²) >= 11 is 1.27. The monoisotopic (exact) mass is 483 g/mol. The summed E-state index contributed by atoms with van der Waals surface area (Å²) in [5.41, 5.74) is 4.32. The van der Waals surface area contributed by atoms with Crippen molar-refractivity contribution < 1.29 is 19.0 Å². The van der Waals surface area contributed by atoms with Crippen LogP contribution in [0.2, 0.25) is 0 Å². The number of aromatic nitrogens is 3. The van der Waals surface area contributed by atoms with E-state index in [1.54, 1.807) is 14.2 Å². The molecule has 0 bridgehead atoms. The van der Waals surface area contributed by atoms with Crippen LogP contribution >= 0.6 is 11.8 Å². The van der Waals surface area contributed by atoms with Crippen molar-refractivity contribution in [2.45, 2.75) is 38.6 Å². The molecule has 4 rings (SSSR count). The van der Waals surface area contributed by atoms with Gasteiger partial charge in [-0.3, -0.25) is 4.79 Å². The lowest BCUT2D eigenvalue weighted by Gasteiger charge is -2.29. The van der Waals surface area contributed by atoms with Gasteiger partial charge in [0.1, 0.15) is 12.4 Å². The van der Waals surface area contributed by atoms with Crippen LogP contribution in [0.3, 0.4) is 0 Å². The van der Waals surface area contributed by atoms with E-state index in [0.717, 1.165) is 28.9 Å². The number of ether oxygens (including phenoxy) is 3. The number of carbonyl (C=O) groups is 1. The summed E-state index contributed by atoms with van der Waals surface area (Å²) in [6.45, 7) is 5.35. The molecule has 0 radical (unpaired) electrons. The van der Waals surface area contributed by atoms with Gasteiger partial charge in [-0.25, -0.2) is 4.68 Å². The molecule has 0 unspecified atom stereocenters. The van der Waals surface area contributed by atoms with Crippen molar-refractivity contribution >= 4 is 17.7 Å². The van der Waals surface area contributed by atoms with Crippen molar-refractivity contribution in [3.05, 3.63) is 58.4 Å². The highest BCUT2D eigenvalue weighted by atomic mass is 32.2. The van der Waals surface area contributed by atoms with Crippen LogP contribution in [0, 0.1) is 13.8 Å². The topological polar surface area (TPSA) is 105 Å². The van der Waals surface area contributed by atoms with E-state index in [1.165, 1.54) is 22.0 Å². The van der Waals surface area contributed by atoms with Crippen LogP contribution in [-0.4, -0.2) is 52.2 Å². The first-order valence-electron chi connectivity index (χ1n) is 10.9. The summed E-state index contributed by atoms with van der Waals surface area (Å²) in [6, 6.07) is 9.91. The van der Waals surface area contributed by atoms with Crippen molar-refractivity contribution in [2.24, 2.45) is 0 Å². The van der Waals surface area contributed by atoms with Crippen LogP contribution in [-0.2, 0) is 24.4 Å². The van der Waals surface area contributed by atoms with Gasteiger partial charge in [0, 0.05) is 13.1 Å². The van der Waals surface area contributed by atoms with E-state index in [2.05, 4.69) is 10.2 Å². The number of hydrogen-bond acceptors (Lipinski definition) is 8. The first-order chi connectivity index (χ1) is 16.4. The molecule has 0 saturated carbocycles. The number of carbonyl (C=O) groups excluding carboxylic acids is 1. The number of nitrogens with two attached hydrogens (primary N) is 1. The third-order valence-electron chi connectivity index (χ3n) is 5.89. The summed E-state index contributed by atoms with van der Waals surface area (Å²) in [4.78, 5) is 14.7. The van der Waals surface area contributed by atoms with Crippen molar-refractivity contribution in [1.29, 1.82) is 0 Å². The Kier molecular flexibility index (Phi) is 7.16. The van der Waals surface area contributed by atoms with Crippen molar-refractivity contribution in [3.63, 3.8) is 0 Å². The Morgan fingerprint density at radius 3 is 2.44 bits per heavy atom. The molecule has 10 heteroatoms. The molecule has 1 aliphatic rings. The van der Waals surface area contributed by atoms with Crippen molar-refractivity contribution in [3.8, 4) is 17.2 Å². The average Bonchev–Trinajstić information content (AvgIpc) is 3.20. The maximum absolute atomic E-state index is 12.9. The van der Waals surface area contributed by atoms with Gasteiger partial charge in [-0.1, -0.05) is 30.0 Å². The number of nitrogens with zero attached hydrogens (tertiary/aromatic N) is 4. The molecule has 0 atom stereocenters. The van der Waals surface area contributed by atoms with E-state index in [4.69, 9.17) is 20.1 Å². The summed E-state index contributed by atoms with van der Waals surface area (Å²) in [6.07, 6.45) is 0.763. The SMILES string of the molecule is COc1cc2c(cc1OC)CN(C(=O)CSc1nnc(COc3c(C)cccc3C)n1N)CC2. The second-order valence-electron chi connectivity index (χ2n) is 8.11. The predicted molar refractivity (Wildman–Crippen MR) is 130 cm³/mol. The maximum atomic E-state index is 12.9. The Hall–Kier alpha value is -3.40. The van der Waals surface area contributed by atoms with Gasteiger partial charge >= 0.3 is 0 Å². The molecule has 2 N–H and O–H groups in total. The second kappa shape index (κ2) is 10.3. The maximum Gasteiger partial charge on any atom is 0.233 e. The number of aryl methyl sites for hydroxylation is 2. The average molecular weight is 484 g/mol. The quantitative estimate of drug-likeness (QED) is 0.385. The molecule has 0 spiro atoms. The van der Waals surface area contributed by atoms with Gasteiger partial charge < -0.3 is 25.0 Å². The molecule has 180 valence electrons. The Labute approximate surface area is 203 Å². The summed E-state index contributed by atoms with van der Waals surface area (Å²) in [5, 5.41) is 8.74. The standard InChI is InChI=1S/C24H29N5O4S/c1-15-6-5-7-16(2)23(15)33-13-21-26-27-24(29(21)25)34-14-22(30)28-9-8-17-10-19(31-3)20(32-4)11-18(17)12-28/h5-7,10-11H,8-9,12-14,25H2,1-4H3. The number of nitrogen functional groups attached to an aromatic ring is 1. The predicted octanol–water partition coefficient (Wildman–Crippen LogP) is 2.88. The zero-order valence-electron chi connectivity index (χ0n) is 19.8. The van der Waals surface area contributed by atoms with E-state index in [0.29, 0.717) is 35.6 Å².